The zero-order valence-corrected chi connectivity index (χ0v) is 9.70. The summed E-state index contributed by atoms with van der Waals surface area (Å²) in [5.41, 5.74) is 1.90. The molecule has 15 heavy (non-hydrogen) atoms. The van der Waals surface area contributed by atoms with Crippen LogP contribution in [-0.2, 0) is 6.54 Å². The third-order valence-corrected chi connectivity index (χ3v) is 2.90. The molecule has 1 aromatic rings. The van der Waals surface area contributed by atoms with E-state index in [-0.39, 0.29) is 0 Å². The van der Waals surface area contributed by atoms with Crippen LogP contribution in [0.3, 0.4) is 0 Å². The van der Waals surface area contributed by atoms with Gasteiger partial charge in [0.05, 0.1) is 11.6 Å². The molecule has 2 heteroatoms. The maximum Gasteiger partial charge on any atom is 0.0995 e. The molecule has 0 aromatic heterocycles. The minimum Gasteiger partial charge on any atom is -0.299 e. The summed E-state index contributed by atoms with van der Waals surface area (Å²) in [6, 6.07) is 10.6. The van der Waals surface area contributed by atoms with Crippen molar-refractivity contribution in [3.63, 3.8) is 0 Å². The van der Waals surface area contributed by atoms with E-state index in [2.05, 4.69) is 31.9 Å². The highest BCUT2D eigenvalue weighted by molar-refractivity contribution is 5.37. The number of nitriles is 1. The Bertz CT molecular complexity index is 352. The Kier molecular flexibility index (Phi) is 4.33. The third kappa shape index (κ3) is 3.07. The van der Waals surface area contributed by atoms with Crippen LogP contribution in [0.5, 0.6) is 0 Å². The summed E-state index contributed by atoms with van der Waals surface area (Å²) in [4.78, 5) is 2.27. The fraction of sp³-hybridized carbons (Fsp3) is 0.462. The zero-order chi connectivity index (χ0) is 11.3. The van der Waals surface area contributed by atoms with Crippen molar-refractivity contribution in [1.29, 1.82) is 5.26 Å². The molecule has 2 nitrogen and oxygen atoms in total. The molecule has 0 saturated carbocycles. The summed E-state index contributed by atoms with van der Waals surface area (Å²) in [7, 11) is 2.10. The number of nitrogens with zero attached hydrogens (tertiary/aromatic N) is 2. The predicted molar refractivity (Wildman–Crippen MR) is 62.4 cm³/mol. The second-order valence-corrected chi connectivity index (χ2v) is 3.94. The lowest BCUT2D eigenvalue weighted by atomic mass is 10.1. The monoisotopic (exact) mass is 202 g/mol. The lowest BCUT2D eigenvalue weighted by Gasteiger charge is -2.23. The maximum absolute atomic E-state index is 8.96. The molecule has 1 aromatic carbocycles. The SMILES string of the molecule is CCC(C)N(C)Cc1ccccc1C#N. The van der Waals surface area contributed by atoms with Gasteiger partial charge >= 0.3 is 0 Å². The van der Waals surface area contributed by atoms with E-state index in [1.807, 2.05) is 24.3 Å². The summed E-state index contributed by atoms with van der Waals surface area (Å²) in [6.45, 7) is 5.23. The van der Waals surface area contributed by atoms with Crippen LogP contribution < -0.4 is 0 Å². The highest BCUT2D eigenvalue weighted by Crippen LogP contribution is 2.12. The van der Waals surface area contributed by atoms with E-state index in [1.165, 1.54) is 0 Å². The van der Waals surface area contributed by atoms with Gasteiger partial charge in [0.1, 0.15) is 0 Å². The molecule has 1 atom stereocenters. The second-order valence-electron chi connectivity index (χ2n) is 3.94. The van der Waals surface area contributed by atoms with Gasteiger partial charge in [0.2, 0.25) is 0 Å². The maximum atomic E-state index is 8.96. The van der Waals surface area contributed by atoms with Gasteiger partial charge in [-0.2, -0.15) is 5.26 Å². The molecule has 0 bridgehead atoms. The van der Waals surface area contributed by atoms with Crippen molar-refractivity contribution >= 4 is 0 Å². The first-order valence-corrected chi connectivity index (χ1v) is 5.37. The van der Waals surface area contributed by atoms with Crippen LogP contribution in [0.4, 0.5) is 0 Å². The van der Waals surface area contributed by atoms with Crippen molar-refractivity contribution in [1.82, 2.24) is 4.90 Å². The first kappa shape index (κ1) is 11.7. The molecule has 0 spiro atoms. The van der Waals surface area contributed by atoms with Crippen LogP contribution in [-0.4, -0.2) is 18.0 Å². The Morgan fingerprint density at radius 3 is 2.67 bits per heavy atom. The van der Waals surface area contributed by atoms with Gasteiger partial charge in [0.15, 0.2) is 0 Å². The average Bonchev–Trinajstić information content (AvgIpc) is 2.28. The molecule has 0 aliphatic rings. The minimum atomic E-state index is 0.553. The molecule has 80 valence electrons. The van der Waals surface area contributed by atoms with E-state index in [9.17, 15) is 0 Å². The average molecular weight is 202 g/mol. The summed E-state index contributed by atoms with van der Waals surface area (Å²) in [6.07, 6.45) is 1.13. The van der Waals surface area contributed by atoms with Gasteiger partial charge in [-0.3, -0.25) is 4.90 Å². The molecule has 0 aliphatic carbocycles. The largest absolute Gasteiger partial charge is 0.299 e. The first-order chi connectivity index (χ1) is 7.19. The van der Waals surface area contributed by atoms with E-state index >= 15 is 0 Å². The topological polar surface area (TPSA) is 27.0 Å². The van der Waals surface area contributed by atoms with Crippen molar-refractivity contribution in [2.75, 3.05) is 7.05 Å². The van der Waals surface area contributed by atoms with Crippen molar-refractivity contribution in [2.24, 2.45) is 0 Å². The van der Waals surface area contributed by atoms with E-state index < -0.39 is 0 Å². The van der Waals surface area contributed by atoms with Crippen LogP contribution in [0.1, 0.15) is 31.4 Å². The summed E-state index contributed by atoms with van der Waals surface area (Å²) in [5, 5.41) is 8.96. The smallest absolute Gasteiger partial charge is 0.0995 e. The number of hydrogen-bond donors (Lipinski definition) is 0. The molecule has 0 aliphatic heterocycles. The first-order valence-electron chi connectivity index (χ1n) is 5.37. The molecule has 1 unspecified atom stereocenters. The zero-order valence-electron chi connectivity index (χ0n) is 9.70. The van der Waals surface area contributed by atoms with Crippen molar-refractivity contribution in [3.05, 3.63) is 35.4 Å². The molecule has 0 radical (unpaired) electrons. The number of hydrogen-bond acceptors (Lipinski definition) is 2. The molecule has 0 heterocycles. The lowest BCUT2D eigenvalue weighted by Crippen LogP contribution is -2.28. The van der Waals surface area contributed by atoms with Gasteiger partial charge in [0, 0.05) is 12.6 Å². The summed E-state index contributed by atoms with van der Waals surface area (Å²) < 4.78 is 0. The van der Waals surface area contributed by atoms with Gasteiger partial charge in [-0.1, -0.05) is 25.1 Å². The van der Waals surface area contributed by atoms with E-state index in [4.69, 9.17) is 5.26 Å². The normalized spacial score (nSPS) is 12.5. The van der Waals surface area contributed by atoms with Crippen LogP contribution >= 0.6 is 0 Å². The van der Waals surface area contributed by atoms with E-state index in [1.54, 1.807) is 0 Å². The quantitative estimate of drug-likeness (QED) is 0.750. The third-order valence-electron chi connectivity index (χ3n) is 2.90. The van der Waals surface area contributed by atoms with Crippen LogP contribution in [0.15, 0.2) is 24.3 Å². The Morgan fingerprint density at radius 1 is 1.40 bits per heavy atom. The van der Waals surface area contributed by atoms with Gasteiger partial charge in [0.25, 0.3) is 0 Å². The molecule has 0 fully saturated rings. The van der Waals surface area contributed by atoms with Crippen LogP contribution in [0.25, 0.3) is 0 Å². The summed E-state index contributed by atoms with van der Waals surface area (Å²) in [5.74, 6) is 0. The highest BCUT2D eigenvalue weighted by Gasteiger charge is 2.09. The lowest BCUT2D eigenvalue weighted by molar-refractivity contribution is 0.243. The van der Waals surface area contributed by atoms with E-state index in [0.29, 0.717) is 6.04 Å². The fourth-order valence-corrected chi connectivity index (χ4v) is 1.50. The van der Waals surface area contributed by atoms with E-state index in [0.717, 1.165) is 24.1 Å². The predicted octanol–water partition coefficient (Wildman–Crippen LogP) is 2.79. The standard InChI is InChI=1S/C13H18N2/c1-4-11(2)15(3)10-13-8-6-5-7-12(13)9-14/h5-8,11H,4,10H2,1-3H3. The summed E-state index contributed by atoms with van der Waals surface area (Å²) >= 11 is 0. The fourth-order valence-electron chi connectivity index (χ4n) is 1.50. The Labute approximate surface area is 92.1 Å². The van der Waals surface area contributed by atoms with Crippen molar-refractivity contribution in [2.45, 2.75) is 32.9 Å². The van der Waals surface area contributed by atoms with Gasteiger partial charge < -0.3 is 0 Å². The van der Waals surface area contributed by atoms with Gasteiger partial charge in [-0.15, -0.1) is 0 Å². The van der Waals surface area contributed by atoms with Crippen LogP contribution in [0.2, 0.25) is 0 Å². The Morgan fingerprint density at radius 2 is 2.07 bits per heavy atom. The molecule has 1 rings (SSSR count). The number of benzene rings is 1. The highest BCUT2D eigenvalue weighted by atomic mass is 15.1. The Balaban J connectivity index is 2.77. The van der Waals surface area contributed by atoms with Crippen LogP contribution in [0, 0.1) is 11.3 Å². The molecular weight excluding hydrogens is 184 g/mol. The molecule has 0 amide bonds. The molecular formula is C13H18N2. The Hall–Kier alpha value is -1.33. The minimum absolute atomic E-state index is 0.553. The number of rotatable bonds is 4. The molecule has 0 saturated heterocycles. The van der Waals surface area contributed by atoms with Gasteiger partial charge in [-0.25, -0.2) is 0 Å². The van der Waals surface area contributed by atoms with Crippen molar-refractivity contribution in [3.8, 4) is 6.07 Å². The van der Waals surface area contributed by atoms with Gasteiger partial charge in [-0.05, 0) is 32.0 Å². The molecule has 0 N–H and O–H groups in total. The second kappa shape index (κ2) is 5.53. The van der Waals surface area contributed by atoms with Crippen molar-refractivity contribution < 1.29 is 0 Å².